The quantitative estimate of drug-likeness (QED) is 0.248. The predicted octanol–water partition coefficient (Wildman–Crippen LogP) is -1.58. The normalized spacial score (nSPS) is 30.5. The molecule has 2 saturated heterocycles. The van der Waals surface area contributed by atoms with Gasteiger partial charge in [0.15, 0.2) is 0 Å². The summed E-state index contributed by atoms with van der Waals surface area (Å²) in [5, 5.41) is 0. The minimum absolute atomic E-state index is 0.0616. The van der Waals surface area contributed by atoms with Gasteiger partial charge in [0.2, 0.25) is 0 Å². The molecule has 5 unspecified atom stereocenters. The molecule has 1 aromatic heterocycles. The molecule has 2 fully saturated rings. The highest BCUT2D eigenvalue weighted by atomic mass is 31.2. The van der Waals surface area contributed by atoms with Crippen molar-refractivity contribution in [2.24, 2.45) is 0 Å². The molecule has 3 heterocycles. The second kappa shape index (κ2) is 12.6. The van der Waals surface area contributed by atoms with Crippen LogP contribution in [0, 0.1) is 6.92 Å². The Morgan fingerprint density at radius 1 is 0.974 bits per heavy atom. The van der Waals surface area contributed by atoms with Gasteiger partial charge in [-0.25, -0.2) is 4.79 Å². The molecule has 0 saturated carbocycles. The van der Waals surface area contributed by atoms with Gasteiger partial charge in [0.05, 0.1) is 25.4 Å². The van der Waals surface area contributed by atoms with E-state index in [0.29, 0.717) is 0 Å². The van der Waals surface area contributed by atoms with Gasteiger partial charge in [0, 0.05) is 45.4 Å². The molecule has 0 bridgehead atoms. The molecule has 21 heteroatoms. The Morgan fingerprint density at radius 3 is 2.24 bits per heavy atom. The van der Waals surface area contributed by atoms with Gasteiger partial charge in [0.25, 0.3) is 29.0 Å². The summed E-state index contributed by atoms with van der Waals surface area (Å²) in [7, 11) is -12.8. The molecular formula is C17H26N2O16P3-3. The third-order valence-electron chi connectivity index (χ3n) is 5.56. The van der Waals surface area contributed by atoms with Gasteiger partial charge in [-0.3, -0.25) is 28.0 Å². The van der Waals surface area contributed by atoms with Crippen LogP contribution in [0.1, 0.15) is 24.6 Å². The second-order valence-electron chi connectivity index (χ2n) is 8.13. The summed E-state index contributed by atoms with van der Waals surface area (Å²) in [6, 6.07) is 0. The van der Waals surface area contributed by atoms with Crippen molar-refractivity contribution in [3.05, 3.63) is 32.6 Å². The fourth-order valence-electron chi connectivity index (χ4n) is 3.62. The lowest BCUT2D eigenvalue weighted by atomic mass is 10.2. The van der Waals surface area contributed by atoms with Gasteiger partial charge in [0.1, 0.15) is 18.4 Å². The van der Waals surface area contributed by atoms with Gasteiger partial charge in [-0.05, 0) is 6.92 Å². The van der Waals surface area contributed by atoms with Gasteiger partial charge < -0.3 is 51.3 Å². The van der Waals surface area contributed by atoms with E-state index in [0.717, 1.165) is 18.8 Å². The van der Waals surface area contributed by atoms with Crippen LogP contribution < -0.4 is 25.9 Å². The van der Waals surface area contributed by atoms with Gasteiger partial charge in [-0.2, -0.15) is 0 Å². The molecule has 3 rings (SSSR count). The average molecular weight is 607 g/mol. The summed E-state index contributed by atoms with van der Waals surface area (Å²) in [4.78, 5) is 61.8. The zero-order chi connectivity index (χ0) is 28.3. The van der Waals surface area contributed by atoms with E-state index in [-0.39, 0.29) is 25.0 Å². The summed E-state index contributed by atoms with van der Waals surface area (Å²) in [5.41, 5.74) is -1.36. The van der Waals surface area contributed by atoms with Crippen LogP contribution >= 0.6 is 23.5 Å². The molecule has 1 aromatic rings. The number of phosphoric ester groups is 3. The molecule has 2 aliphatic heterocycles. The fraction of sp³-hybridized carbons (Fsp3) is 0.765. The van der Waals surface area contributed by atoms with Crippen LogP contribution in [0.4, 0.5) is 0 Å². The first-order valence-corrected chi connectivity index (χ1v) is 15.3. The van der Waals surface area contributed by atoms with Crippen LogP contribution in [0.25, 0.3) is 0 Å². The van der Waals surface area contributed by atoms with Crippen LogP contribution in [0.15, 0.2) is 15.8 Å². The number of nitrogens with one attached hydrogen (secondary N) is 1. The number of hydrogen-bond acceptors (Lipinski definition) is 16. The Bertz CT molecular complexity index is 1230. The van der Waals surface area contributed by atoms with Crippen molar-refractivity contribution in [2.45, 2.75) is 50.4 Å². The van der Waals surface area contributed by atoms with E-state index in [4.69, 9.17) is 23.0 Å². The van der Waals surface area contributed by atoms with E-state index < -0.39 is 78.6 Å². The van der Waals surface area contributed by atoms with Crippen molar-refractivity contribution >= 4 is 23.5 Å². The maximum Gasteiger partial charge on any atom is 0.330 e. The molecule has 218 valence electrons. The number of aromatic nitrogens is 2. The monoisotopic (exact) mass is 607 g/mol. The highest BCUT2D eigenvalue weighted by Gasteiger charge is 2.41. The average Bonchev–Trinajstić information content (AvgIpc) is 3.44. The van der Waals surface area contributed by atoms with E-state index in [1.54, 1.807) is 0 Å². The van der Waals surface area contributed by atoms with Crippen LogP contribution in [0.3, 0.4) is 0 Å². The zero-order valence-electron chi connectivity index (χ0n) is 20.3. The standard InChI is InChI=1S/C17H29N2O16P3/c1-10-7-19(17(21)18-16(10)20)15-6-12(14(33-15)9-31-36(22,23)28-2)35-38(26,27)32-8-13-11(4-5-30-13)34-37(24,25)29-3/h7,11-15H,4-6,8-9H2,1-3H3,(H,22,23)(H,24,25)(H,26,27)(H,18,20,21)/p-3/t11?,12?,13-,14-,15-/m1/s1. The number of nitrogens with zero attached hydrogens (tertiary/aromatic N) is 1. The van der Waals surface area contributed by atoms with Crippen molar-refractivity contribution < 1.29 is 65.0 Å². The van der Waals surface area contributed by atoms with E-state index in [9.17, 15) is 38.0 Å². The van der Waals surface area contributed by atoms with E-state index in [1.165, 1.54) is 13.1 Å². The van der Waals surface area contributed by atoms with Crippen molar-refractivity contribution in [1.82, 2.24) is 9.55 Å². The first-order chi connectivity index (χ1) is 17.6. The summed E-state index contributed by atoms with van der Waals surface area (Å²) < 4.78 is 75.5. The Morgan fingerprint density at radius 2 is 1.58 bits per heavy atom. The lowest BCUT2D eigenvalue weighted by molar-refractivity contribution is -0.236. The topological polar surface area (TPSA) is 249 Å². The van der Waals surface area contributed by atoms with Crippen LogP contribution in [-0.4, -0.2) is 68.0 Å². The van der Waals surface area contributed by atoms with Crippen molar-refractivity contribution in [3.63, 3.8) is 0 Å². The third kappa shape index (κ3) is 8.46. The Hall–Kier alpha value is -1.07. The molecule has 38 heavy (non-hydrogen) atoms. The van der Waals surface area contributed by atoms with Crippen LogP contribution in [0.2, 0.25) is 0 Å². The van der Waals surface area contributed by atoms with E-state index in [2.05, 4.69) is 18.6 Å². The molecule has 8 atom stereocenters. The van der Waals surface area contributed by atoms with Crippen molar-refractivity contribution in [1.29, 1.82) is 0 Å². The number of ether oxygens (including phenoxy) is 2. The number of hydrogen-bond donors (Lipinski definition) is 1. The summed E-state index contributed by atoms with van der Waals surface area (Å²) >= 11 is 0. The largest absolute Gasteiger partial charge is 0.756 e. The molecular weight excluding hydrogens is 581 g/mol. The predicted molar refractivity (Wildman–Crippen MR) is 117 cm³/mol. The molecule has 0 aromatic carbocycles. The SMILES string of the molecule is COP(=O)([O-])OC[C@H]1O[C@@H](n2cc(C)c(=O)[nH]c2=O)CC1OP(=O)([O-])OC[C@H]1OCCC1OP(=O)([O-])OC. The number of aryl methyl sites for hydroxylation is 1. The van der Waals surface area contributed by atoms with Gasteiger partial charge in [-0.1, -0.05) is 0 Å². The molecule has 0 radical (unpaired) electrons. The zero-order valence-corrected chi connectivity index (χ0v) is 23.0. The maximum absolute atomic E-state index is 12.6. The highest BCUT2D eigenvalue weighted by Crippen LogP contribution is 2.47. The lowest BCUT2D eigenvalue weighted by Gasteiger charge is -2.31. The molecule has 18 nitrogen and oxygen atoms in total. The number of phosphoric acid groups is 3. The Balaban J connectivity index is 1.71. The lowest BCUT2D eigenvalue weighted by Crippen LogP contribution is -2.33. The molecule has 1 N–H and O–H groups in total. The maximum atomic E-state index is 12.6. The fourth-order valence-corrected chi connectivity index (χ4v) is 5.66. The number of rotatable bonds is 13. The van der Waals surface area contributed by atoms with Crippen molar-refractivity contribution in [2.75, 3.05) is 34.0 Å². The third-order valence-corrected chi connectivity index (χ3v) is 8.44. The Labute approximate surface area is 215 Å². The molecule has 2 aliphatic rings. The van der Waals surface area contributed by atoms with Gasteiger partial charge in [-0.15, -0.1) is 0 Å². The molecule has 0 aliphatic carbocycles. The summed E-state index contributed by atoms with van der Waals surface area (Å²) in [6.45, 7) is 0.0619. The first kappa shape index (κ1) is 31.5. The highest BCUT2D eigenvalue weighted by molar-refractivity contribution is 7.46. The molecule has 0 amide bonds. The van der Waals surface area contributed by atoms with E-state index >= 15 is 0 Å². The van der Waals surface area contributed by atoms with Crippen molar-refractivity contribution in [3.8, 4) is 0 Å². The smallest absolute Gasteiger partial charge is 0.330 e. The first-order valence-electron chi connectivity index (χ1n) is 10.9. The number of H-pyrrole nitrogens is 1. The number of aromatic amines is 1. The second-order valence-corrected chi connectivity index (χ2v) is 12.5. The minimum atomic E-state index is -5.16. The van der Waals surface area contributed by atoms with Gasteiger partial charge >= 0.3 is 5.69 Å². The summed E-state index contributed by atoms with van der Waals surface area (Å²) in [6.07, 6.45) is -5.12. The molecule has 0 spiro atoms. The van der Waals surface area contributed by atoms with Crippen LogP contribution in [-0.2, 0) is 50.3 Å². The Kier molecular flexibility index (Phi) is 10.5. The van der Waals surface area contributed by atoms with Crippen LogP contribution in [0.5, 0.6) is 0 Å². The minimum Gasteiger partial charge on any atom is -0.756 e. The van der Waals surface area contributed by atoms with E-state index in [1.807, 2.05) is 0 Å². The summed E-state index contributed by atoms with van der Waals surface area (Å²) in [5.74, 6) is 0.